The molecule has 0 radical (unpaired) electrons. The molecule has 0 aliphatic carbocycles. The molecule has 4 rings (SSSR count). The number of terminal acetylenes is 1. The first kappa shape index (κ1) is 19.0. The molecule has 9 nitrogen and oxygen atoms in total. The summed E-state index contributed by atoms with van der Waals surface area (Å²) in [7, 11) is 0. The number of aliphatic hydroxyl groups is 1. The van der Waals surface area contributed by atoms with Gasteiger partial charge in [0.25, 0.3) is 5.91 Å². The maximum atomic E-state index is 12.5. The first-order valence-electron chi connectivity index (χ1n) is 9.06. The molecule has 1 aliphatic heterocycles. The van der Waals surface area contributed by atoms with E-state index in [1.165, 1.54) is 6.33 Å². The molecule has 0 bridgehead atoms. The van der Waals surface area contributed by atoms with Crippen molar-refractivity contribution < 1.29 is 19.4 Å². The van der Waals surface area contributed by atoms with Gasteiger partial charge < -0.3 is 19.9 Å². The Morgan fingerprint density at radius 1 is 1.34 bits per heavy atom. The lowest BCUT2D eigenvalue weighted by molar-refractivity contribution is -0.0555. The van der Waals surface area contributed by atoms with E-state index in [0.717, 1.165) is 0 Å². The van der Waals surface area contributed by atoms with Gasteiger partial charge in [-0.1, -0.05) is 24.1 Å². The molecule has 148 valence electrons. The normalized spacial score (nSPS) is 21.2. The molecule has 29 heavy (non-hydrogen) atoms. The summed E-state index contributed by atoms with van der Waals surface area (Å²) in [6, 6.07) is 8.83. The number of benzene rings is 1. The summed E-state index contributed by atoms with van der Waals surface area (Å²) in [5.74, 6) is 2.43. The predicted octanol–water partition coefficient (Wildman–Crippen LogP) is 1.38. The van der Waals surface area contributed by atoms with Crippen LogP contribution >= 0.6 is 0 Å². The number of rotatable bonds is 6. The fraction of sp³-hybridized carbons (Fsp3) is 0.300. The zero-order valence-electron chi connectivity index (χ0n) is 15.4. The van der Waals surface area contributed by atoms with Gasteiger partial charge in [0.05, 0.1) is 19.0 Å². The maximum absolute atomic E-state index is 12.5. The number of ether oxygens (including phenoxy) is 2. The van der Waals surface area contributed by atoms with Crippen LogP contribution in [0.25, 0.3) is 11.2 Å². The van der Waals surface area contributed by atoms with E-state index in [1.54, 1.807) is 35.2 Å². The van der Waals surface area contributed by atoms with E-state index in [2.05, 4.69) is 26.2 Å². The van der Waals surface area contributed by atoms with Crippen LogP contribution < -0.4 is 5.32 Å². The van der Waals surface area contributed by atoms with Crippen LogP contribution in [0.5, 0.6) is 0 Å². The molecular weight excluding hydrogens is 374 g/mol. The SMILES string of the molecule is C#CCO[C@@H]1C[C@H](n2cnc3c(NC(=O)c4ccccc4)ncnc32)O[C@@H]1CO. The van der Waals surface area contributed by atoms with Crippen LogP contribution in [0.1, 0.15) is 23.0 Å². The molecule has 1 saturated heterocycles. The van der Waals surface area contributed by atoms with Gasteiger partial charge in [0.1, 0.15) is 25.3 Å². The molecule has 2 aromatic heterocycles. The molecule has 1 aliphatic rings. The van der Waals surface area contributed by atoms with Gasteiger partial charge in [-0.25, -0.2) is 15.0 Å². The molecule has 1 amide bonds. The van der Waals surface area contributed by atoms with E-state index >= 15 is 0 Å². The number of hydrogen-bond donors (Lipinski definition) is 2. The van der Waals surface area contributed by atoms with Crippen molar-refractivity contribution in [2.75, 3.05) is 18.5 Å². The van der Waals surface area contributed by atoms with Crippen LogP contribution in [-0.2, 0) is 9.47 Å². The van der Waals surface area contributed by atoms with Crippen molar-refractivity contribution in [1.29, 1.82) is 0 Å². The molecule has 0 saturated carbocycles. The number of carbonyl (C=O) groups is 1. The maximum Gasteiger partial charge on any atom is 0.256 e. The van der Waals surface area contributed by atoms with Crippen LogP contribution in [0, 0.1) is 12.3 Å². The zero-order chi connectivity index (χ0) is 20.2. The smallest absolute Gasteiger partial charge is 0.256 e. The molecule has 0 spiro atoms. The summed E-state index contributed by atoms with van der Waals surface area (Å²) in [6.07, 6.45) is 7.39. The van der Waals surface area contributed by atoms with Crippen molar-refractivity contribution in [3.8, 4) is 12.3 Å². The van der Waals surface area contributed by atoms with Gasteiger partial charge in [0.2, 0.25) is 0 Å². The van der Waals surface area contributed by atoms with Gasteiger partial charge in [-0.2, -0.15) is 0 Å². The summed E-state index contributed by atoms with van der Waals surface area (Å²) in [5, 5.41) is 12.3. The van der Waals surface area contributed by atoms with Crippen LogP contribution in [0.4, 0.5) is 5.82 Å². The number of fused-ring (bicyclic) bond motifs is 1. The number of carbonyl (C=O) groups excluding carboxylic acids is 1. The van der Waals surface area contributed by atoms with Gasteiger partial charge in [0.15, 0.2) is 17.0 Å². The molecule has 1 fully saturated rings. The third-order valence-corrected chi connectivity index (χ3v) is 4.68. The minimum Gasteiger partial charge on any atom is -0.394 e. The van der Waals surface area contributed by atoms with E-state index in [1.807, 2.05) is 6.07 Å². The van der Waals surface area contributed by atoms with E-state index in [-0.39, 0.29) is 25.2 Å². The third kappa shape index (κ3) is 3.82. The van der Waals surface area contributed by atoms with E-state index < -0.39 is 12.3 Å². The number of hydrogen-bond acceptors (Lipinski definition) is 7. The number of anilines is 1. The van der Waals surface area contributed by atoms with E-state index in [0.29, 0.717) is 29.0 Å². The van der Waals surface area contributed by atoms with Crippen molar-refractivity contribution in [1.82, 2.24) is 19.5 Å². The number of aliphatic hydroxyl groups excluding tert-OH is 1. The Bertz CT molecular complexity index is 1050. The summed E-state index contributed by atoms with van der Waals surface area (Å²) in [5.41, 5.74) is 1.45. The second-order valence-electron chi connectivity index (χ2n) is 6.47. The second kappa shape index (κ2) is 8.36. The first-order valence-corrected chi connectivity index (χ1v) is 9.06. The number of amides is 1. The fourth-order valence-electron chi connectivity index (χ4n) is 3.29. The summed E-state index contributed by atoms with van der Waals surface area (Å²) >= 11 is 0. The highest BCUT2D eigenvalue weighted by molar-refractivity contribution is 6.06. The van der Waals surface area contributed by atoms with Crippen molar-refractivity contribution >= 4 is 22.9 Å². The Hall–Kier alpha value is -3.32. The van der Waals surface area contributed by atoms with Crippen molar-refractivity contribution in [3.63, 3.8) is 0 Å². The molecule has 2 N–H and O–H groups in total. The Labute approximate surface area is 166 Å². The minimum atomic E-state index is -0.495. The van der Waals surface area contributed by atoms with Gasteiger partial charge in [-0.15, -0.1) is 6.42 Å². The van der Waals surface area contributed by atoms with Gasteiger partial charge in [-0.3, -0.25) is 9.36 Å². The Kier molecular flexibility index (Phi) is 5.48. The van der Waals surface area contributed by atoms with Crippen molar-refractivity contribution in [2.24, 2.45) is 0 Å². The summed E-state index contributed by atoms with van der Waals surface area (Å²) < 4.78 is 13.2. The van der Waals surface area contributed by atoms with E-state index in [9.17, 15) is 9.90 Å². The van der Waals surface area contributed by atoms with Crippen molar-refractivity contribution in [3.05, 3.63) is 48.5 Å². The van der Waals surface area contributed by atoms with Gasteiger partial charge >= 0.3 is 0 Å². The lowest BCUT2D eigenvalue weighted by Gasteiger charge is -2.15. The summed E-state index contributed by atoms with van der Waals surface area (Å²) in [4.78, 5) is 25.2. The van der Waals surface area contributed by atoms with Crippen LogP contribution in [0.15, 0.2) is 43.0 Å². The number of nitrogens with one attached hydrogen (secondary N) is 1. The Balaban J connectivity index is 1.58. The highest BCUT2D eigenvalue weighted by Crippen LogP contribution is 2.33. The quantitative estimate of drug-likeness (QED) is 0.609. The number of imidazole rings is 1. The molecule has 1 aromatic carbocycles. The molecule has 9 heteroatoms. The molecule has 3 heterocycles. The monoisotopic (exact) mass is 393 g/mol. The molecule has 3 aromatic rings. The van der Waals surface area contributed by atoms with Gasteiger partial charge in [0, 0.05) is 12.0 Å². The largest absolute Gasteiger partial charge is 0.394 e. The van der Waals surface area contributed by atoms with Crippen molar-refractivity contribution in [2.45, 2.75) is 24.9 Å². The van der Waals surface area contributed by atoms with Crippen LogP contribution in [0.3, 0.4) is 0 Å². The lowest BCUT2D eigenvalue weighted by atomic mass is 10.2. The highest BCUT2D eigenvalue weighted by atomic mass is 16.6. The van der Waals surface area contributed by atoms with Crippen LogP contribution in [-0.4, -0.2) is 56.0 Å². The minimum absolute atomic E-state index is 0.139. The average Bonchev–Trinajstić information content (AvgIpc) is 3.37. The topological polar surface area (TPSA) is 111 Å². The lowest BCUT2D eigenvalue weighted by Crippen LogP contribution is -2.27. The second-order valence-corrected chi connectivity index (χ2v) is 6.47. The predicted molar refractivity (Wildman–Crippen MR) is 104 cm³/mol. The standard InChI is InChI=1S/C20H19N5O4/c1-2-8-28-14-9-16(29-15(14)10-26)25-12-23-17-18(21-11-22-19(17)25)24-20(27)13-6-4-3-5-7-13/h1,3-7,11-12,14-16,26H,8-10H2,(H,21,22,24,27)/t14-,15-,16-/m1/s1. The number of nitrogens with zero attached hydrogens (tertiary/aromatic N) is 4. The molecule has 3 atom stereocenters. The Morgan fingerprint density at radius 2 is 2.17 bits per heavy atom. The average molecular weight is 393 g/mol. The Morgan fingerprint density at radius 3 is 2.93 bits per heavy atom. The molecular formula is C20H19N5O4. The van der Waals surface area contributed by atoms with E-state index in [4.69, 9.17) is 15.9 Å². The third-order valence-electron chi connectivity index (χ3n) is 4.68. The number of aromatic nitrogens is 4. The first-order chi connectivity index (χ1) is 14.2. The molecule has 0 unspecified atom stereocenters. The highest BCUT2D eigenvalue weighted by Gasteiger charge is 2.37. The fourth-order valence-corrected chi connectivity index (χ4v) is 3.29. The zero-order valence-corrected chi connectivity index (χ0v) is 15.4. The summed E-state index contributed by atoms with van der Waals surface area (Å²) in [6.45, 7) is -0.0501. The van der Waals surface area contributed by atoms with Gasteiger partial charge in [-0.05, 0) is 12.1 Å². The van der Waals surface area contributed by atoms with Crippen LogP contribution in [0.2, 0.25) is 0 Å².